The van der Waals surface area contributed by atoms with E-state index in [-0.39, 0.29) is 0 Å². The second-order valence-corrected chi connectivity index (χ2v) is 5.76. The molecule has 1 aromatic rings. The van der Waals surface area contributed by atoms with Crippen LogP contribution in [0.2, 0.25) is 0 Å². The smallest absolute Gasteiger partial charge is 0.225 e. The maximum Gasteiger partial charge on any atom is 0.225 e. The third kappa shape index (κ3) is 5.46. The van der Waals surface area contributed by atoms with Crippen molar-refractivity contribution in [3.05, 3.63) is 16.9 Å². The van der Waals surface area contributed by atoms with Gasteiger partial charge in [0.1, 0.15) is 0 Å². The van der Waals surface area contributed by atoms with Gasteiger partial charge in [0.2, 0.25) is 5.95 Å². The molecule has 0 N–H and O–H groups in total. The minimum absolute atomic E-state index is 0.601. The molecule has 0 aliphatic heterocycles. The molecule has 17 heavy (non-hydrogen) atoms. The summed E-state index contributed by atoms with van der Waals surface area (Å²) in [6, 6.07) is 0. The molecule has 0 radical (unpaired) electrons. The Morgan fingerprint density at radius 2 is 1.76 bits per heavy atom. The molecule has 0 unspecified atom stereocenters. The first-order valence-corrected chi connectivity index (χ1v) is 6.65. The van der Waals surface area contributed by atoms with Crippen LogP contribution in [-0.4, -0.2) is 48.6 Å². The number of anilines is 1. The minimum Gasteiger partial charge on any atom is -0.339 e. The topological polar surface area (TPSA) is 32.3 Å². The molecular formula is C12H21BrN4. The zero-order valence-corrected chi connectivity index (χ0v) is 12.6. The number of hydrogen-bond acceptors (Lipinski definition) is 4. The highest BCUT2D eigenvalue weighted by atomic mass is 79.9. The predicted octanol–water partition coefficient (Wildman–Crippen LogP) is 2.26. The molecule has 5 heteroatoms. The van der Waals surface area contributed by atoms with Crippen molar-refractivity contribution in [3.8, 4) is 0 Å². The number of aromatic nitrogens is 2. The number of halogens is 1. The van der Waals surface area contributed by atoms with E-state index in [1.54, 1.807) is 12.4 Å². The van der Waals surface area contributed by atoms with E-state index < -0.39 is 0 Å². The highest BCUT2D eigenvalue weighted by molar-refractivity contribution is 9.10. The Bertz CT molecular complexity index is 324. The van der Waals surface area contributed by atoms with Crippen molar-refractivity contribution in [1.29, 1.82) is 0 Å². The first-order chi connectivity index (χ1) is 7.99. The van der Waals surface area contributed by atoms with Crippen molar-refractivity contribution in [2.45, 2.75) is 13.8 Å². The summed E-state index contributed by atoms with van der Waals surface area (Å²) < 4.78 is 0.915. The minimum atomic E-state index is 0.601. The highest BCUT2D eigenvalue weighted by Gasteiger charge is 2.11. The van der Waals surface area contributed by atoms with Crippen molar-refractivity contribution >= 4 is 21.9 Å². The lowest BCUT2D eigenvalue weighted by atomic mass is 10.2. The number of nitrogens with zero attached hydrogens (tertiary/aromatic N) is 4. The largest absolute Gasteiger partial charge is 0.339 e. The molecule has 0 saturated heterocycles. The molecule has 96 valence electrons. The zero-order chi connectivity index (χ0) is 12.8. The average molecular weight is 301 g/mol. The van der Waals surface area contributed by atoms with Gasteiger partial charge in [0, 0.05) is 32.0 Å². The van der Waals surface area contributed by atoms with Gasteiger partial charge in [0.25, 0.3) is 0 Å². The monoisotopic (exact) mass is 300 g/mol. The highest BCUT2D eigenvalue weighted by Crippen LogP contribution is 2.12. The van der Waals surface area contributed by atoms with Gasteiger partial charge in [-0.05, 0) is 35.9 Å². The fraction of sp³-hybridized carbons (Fsp3) is 0.667. The van der Waals surface area contributed by atoms with Gasteiger partial charge in [-0.25, -0.2) is 9.97 Å². The fourth-order valence-electron chi connectivity index (χ4n) is 1.50. The average Bonchev–Trinajstić information content (AvgIpc) is 2.25. The third-order valence-corrected chi connectivity index (χ3v) is 2.70. The molecule has 0 bridgehead atoms. The van der Waals surface area contributed by atoms with E-state index in [9.17, 15) is 0 Å². The molecule has 1 rings (SSSR count). The fourth-order valence-corrected chi connectivity index (χ4v) is 1.71. The first-order valence-electron chi connectivity index (χ1n) is 5.86. The molecule has 0 saturated carbocycles. The summed E-state index contributed by atoms with van der Waals surface area (Å²) in [4.78, 5) is 13.1. The van der Waals surface area contributed by atoms with E-state index in [1.807, 2.05) is 0 Å². The number of likely N-dealkylation sites (N-methyl/N-ethyl adjacent to an activating group) is 1. The van der Waals surface area contributed by atoms with Gasteiger partial charge < -0.3 is 9.80 Å². The first kappa shape index (κ1) is 14.4. The van der Waals surface area contributed by atoms with Crippen LogP contribution in [0.25, 0.3) is 0 Å². The summed E-state index contributed by atoms with van der Waals surface area (Å²) in [5.41, 5.74) is 0. The van der Waals surface area contributed by atoms with E-state index in [0.29, 0.717) is 5.92 Å². The van der Waals surface area contributed by atoms with Gasteiger partial charge in [-0.1, -0.05) is 13.8 Å². The standard InChI is InChI=1S/C12H21BrN4/c1-10(2)9-17(6-5-16(3)4)12-14-7-11(13)8-15-12/h7-8,10H,5-6,9H2,1-4H3. The van der Waals surface area contributed by atoms with E-state index in [0.717, 1.165) is 30.1 Å². The lowest BCUT2D eigenvalue weighted by molar-refractivity contribution is 0.407. The number of rotatable bonds is 6. The number of hydrogen-bond donors (Lipinski definition) is 0. The van der Waals surface area contributed by atoms with Crippen LogP contribution in [0.1, 0.15) is 13.8 Å². The zero-order valence-electron chi connectivity index (χ0n) is 11.0. The Hall–Kier alpha value is -0.680. The van der Waals surface area contributed by atoms with Crippen LogP contribution in [-0.2, 0) is 0 Å². The van der Waals surface area contributed by atoms with Gasteiger partial charge in [-0.3, -0.25) is 0 Å². The predicted molar refractivity (Wildman–Crippen MR) is 75.3 cm³/mol. The molecule has 0 amide bonds. The van der Waals surface area contributed by atoms with Gasteiger partial charge in [-0.15, -0.1) is 0 Å². The van der Waals surface area contributed by atoms with Crippen LogP contribution < -0.4 is 4.90 Å². The molecule has 0 aliphatic carbocycles. The van der Waals surface area contributed by atoms with Crippen molar-refractivity contribution in [1.82, 2.24) is 14.9 Å². The molecule has 1 aromatic heterocycles. The molecule has 0 aliphatic rings. The molecular weight excluding hydrogens is 280 g/mol. The summed E-state index contributed by atoms with van der Waals surface area (Å²) >= 11 is 3.36. The maximum absolute atomic E-state index is 4.36. The Morgan fingerprint density at radius 1 is 1.18 bits per heavy atom. The van der Waals surface area contributed by atoms with E-state index in [1.165, 1.54) is 0 Å². The van der Waals surface area contributed by atoms with Crippen LogP contribution in [0.15, 0.2) is 16.9 Å². The summed E-state index contributed by atoms with van der Waals surface area (Å²) in [6.07, 6.45) is 3.59. The van der Waals surface area contributed by atoms with Crippen molar-refractivity contribution in [3.63, 3.8) is 0 Å². The Morgan fingerprint density at radius 3 is 2.24 bits per heavy atom. The second-order valence-electron chi connectivity index (χ2n) is 4.84. The molecule has 0 spiro atoms. The van der Waals surface area contributed by atoms with Gasteiger partial charge in [0.05, 0.1) is 4.47 Å². The third-order valence-electron chi connectivity index (χ3n) is 2.29. The molecule has 0 fully saturated rings. The molecule has 1 heterocycles. The van der Waals surface area contributed by atoms with E-state index >= 15 is 0 Å². The van der Waals surface area contributed by atoms with E-state index in [2.05, 4.69) is 63.6 Å². The van der Waals surface area contributed by atoms with Crippen molar-refractivity contribution in [2.24, 2.45) is 5.92 Å². The SMILES string of the molecule is CC(C)CN(CCN(C)C)c1ncc(Br)cn1. The summed E-state index contributed by atoms with van der Waals surface area (Å²) in [7, 11) is 4.16. The van der Waals surface area contributed by atoms with Gasteiger partial charge >= 0.3 is 0 Å². The summed E-state index contributed by atoms with van der Waals surface area (Å²) in [5, 5.41) is 0. The Balaban J connectivity index is 2.70. The second kappa shape index (κ2) is 6.91. The lowest BCUT2D eigenvalue weighted by Crippen LogP contribution is -2.35. The molecule has 4 nitrogen and oxygen atoms in total. The Kier molecular flexibility index (Phi) is 5.85. The van der Waals surface area contributed by atoms with Crippen LogP contribution >= 0.6 is 15.9 Å². The van der Waals surface area contributed by atoms with Crippen molar-refractivity contribution in [2.75, 3.05) is 38.6 Å². The van der Waals surface area contributed by atoms with Crippen molar-refractivity contribution < 1.29 is 0 Å². The maximum atomic E-state index is 4.36. The molecule has 0 aromatic carbocycles. The lowest BCUT2D eigenvalue weighted by Gasteiger charge is -2.25. The van der Waals surface area contributed by atoms with Crippen LogP contribution in [0.3, 0.4) is 0 Å². The van der Waals surface area contributed by atoms with Gasteiger partial charge in [0.15, 0.2) is 0 Å². The summed E-state index contributed by atoms with van der Waals surface area (Å²) in [5.74, 6) is 1.41. The molecule has 0 atom stereocenters. The van der Waals surface area contributed by atoms with E-state index in [4.69, 9.17) is 0 Å². The normalized spacial score (nSPS) is 11.2. The van der Waals surface area contributed by atoms with Gasteiger partial charge in [-0.2, -0.15) is 0 Å². The quantitative estimate of drug-likeness (QED) is 0.807. The van der Waals surface area contributed by atoms with Crippen LogP contribution in [0.4, 0.5) is 5.95 Å². The van der Waals surface area contributed by atoms with Crippen LogP contribution in [0.5, 0.6) is 0 Å². The summed E-state index contributed by atoms with van der Waals surface area (Å²) in [6.45, 7) is 7.36. The van der Waals surface area contributed by atoms with Crippen LogP contribution in [0, 0.1) is 5.92 Å². The Labute approximate surface area is 112 Å².